The maximum Gasteiger partial charge on any atom is 0.0326 e. The molecule has 3 atom stereocenters. The average molecular weight is 199 g/mol. The number of likely N-dealkylation sites (tertiary alicyclic amines) is 1. The first-order chi connectivity index (χ1) is 7.34. The van der Waals surface area contributed by atoms with Crippen LogP contribution in [0.15, 0.2) is 42.5 Å². The smallest absolute Gasteiger partial charge is 0.0326 e. The summed E-state index contributed by atoms with van der Waals surface area (Å²) in [6.07, 6.45) is 6.11. The molecule has 0 N–H and O–H groups in total. The van der Waals surface area contributed by atoms with E-state index in [2.05, 4.69) is 54.3 Å². The molecule has 0 radical (unpaired) electrons. The molecule has 1 aliphatic carbocycles. The number of hydrogen-bond donors (Lipinski definition) is 0. The van der Waals surface area contributed by atoms with Crippen molar-refractivity contribution in [3.63, 3.8) is 0 Å². The topological polar surface area (TPSA) is 3.24 Å². The molecule has 1 heterocycles. The fourth-order valence-corrected chi connectivity index (χ4v) is 2.91. The van der Waals surface area contributed by atoms with E-state index < -0.39 is 0 Å². The summed E-state index contributed by atoms with van der Waals surface area (Å²) in [7, 11) is 0. The monoisotopic (exact) mass is 199 g/mol. The van der Waals surface area contributed by atoms with E-state index in [1.165, 1.54) is 18.5 Å². The van der Waals surface area contributed by atoms with Crippen LogP contribution in [-0.2, 0) is 0 Å². The van der Waals surface area contributed by atoms with Gasteiger partial charge in [0.05, 0.1) is 0 Å². The van der Waals surface area contributed by atoms with Crippen molar-refractivity contribution in [2.24, 2.45) is 5.92 Å². The molecule has 2 aliphatic rings. The Balaban J connectivity index is 1.81. The van der Waals surface area contributed by atoms with E-state index in [1.54, 1.807) is 0 Å². The molecule has 0 spiro atoms. The summed E-state index contributed by atoms with van der Waals surface area (Å²) in [6, 6.07) is 12.1. The molecule has 15 heavy (non-hydrogen) atoms. The van der Waals surface area contributed by atoms with Gasteiger partial charge in [0.25, 0.3) is 0 Å². The van der Waals surface area contributed by atoms with Gasteiger partial charge in [0, 0.05) is 18.6 Å². The zero-order valence-corrected chi connectivity index (χ0v) is 9.13. The number of nitrogens with zero attached hydrogens (tertiary/aromatic N) is 1. The predicted molar refractivity (Wildman–Crippen MR) is 62.6 cm³/mol. The van der Waals surface area contributed by atoms with Crippen LogP contribution in [0.25, 0.3) is 0 Å². The molecule has 1 aromatic carbocycles. The lowest BCUT2D eigenvalue weighted by Gasteiger charge is -2.30. The highest BCUT2D eigenvalue weighted by Crippen LogP contribution is 2.37. The van der Waals surface area contributed by atoms with Crippen molar-refractivity contribution in [3.05, 3.63) is 48.0 Å². The second-order valence-corrected chi connectivity index (χ2v) is 4.73. The largest absolute Gasteiger partial charge is 0.290 e. The van der Waals surface area contributed by atoms with Crippen molar-refractivity contribution in [1.82, 2.24) is 4.90 Å². The average Bonchev–Trinajstić information content (AvgIpc) is 2.91. The van der Waals surface area contributed by atoms with Crippen LogP contribution in [0.2, 0.25) is 0 Å². The highest BCUT2D eigenvalue weighted by atomic mass is 15.2. The van der Waals surface area contributed by atoms with Crippen molar-refractivity contribution in [2.75, 3.05) is 6.54 Å². The Morgan fingerprint density at radius 2 is 2.00 bits per heavy atom. The minimum atomic E-state index is 0.561. The van der Waals surface area contributed by atoms with Crippen LogP contribution < -0.4 is 0 Å². The minimum absolute atomic E-state index is 0.561. The zero-order valence-electron chi connectivity index (χ0n) is 9.13. The third-order valence-corrected chi connectivity index (χ3v) is 3.80. The minimum Gasteiger partial charge on any atom is -0.290 e. The van der Waals surface area contributed by atoms with Gasteiger partial charge in [-0.3, -0.25) is 4.90 Å². The summed E-state index contributed by atoms with van der Waals surface area (Å²) in [6.45, 7) is 3.57. The Hall–Kier alpha value is -1.08. The van der Waals surface area contributed by atoms with Crippen LogP contribution in [0.4, 0.5) is 0 Å². The lowest BCUT2D eigenvalue weighted by Crippen LogP contribution is -2.32. The van der Waals surface area contributed by atoms with Crippen LogP contribution in [0, 0.1) is 5.92 Å². The fraction of sp³-hybridized carbons (Fsp3) is 0.429. The zero-order chi connectivity index (χ0) is 10.3. The second-order valence-electron chi connectivity index (χ2n) is 4.73. The van der Waals surface area contributed by atoms with Gasteiger partial charge in [-0.1, -0.05) is 42.5 Å². The SMILES string of the molecule is C[C@H](c1ccccc1)N1CC2C=CC1C2. The van der Waals surface area contributed by atoms with Crippen LogP contribution in [-0.4, -0.2) is 17.5 Å². The lowest BCUT2D eigenvalue weighted by molar-refractivity contribution is 0.213. The molecule has 0 aromatic heterocycles. The molecule has 0 amide bonds. The van der Waals surface area contributed by atoms with Crippen molar-refractivity contribution in [2.45, 2.75) is 25.4 Å². The molecule has 1 saturated heterocycles. The van der Waals surface area contributed by atoms with Gasteiger partial charge in [-0.2, -0.15) is 0 Å². The number of benzene rings is 1. The van der Waals surface area contributed by atoms with Gasteiger partial charge >= 0.3 is 0 Å². The van der Waals surface area contributed by atoms with E-state index in [4.69, 9.17) is 0 Å². The summed E-state index contributed by atoms with van der Waals surface area (Å²) in [4.78, 5) is 2.62. The van der Waals surface area contributed by atoms with Gasteiger partial charge in [0.2, 0.25) is 0 Å². The van der Waals surface area contributed by atoms with Crippen molar-refractivity contribution < 1.29 is 0 Å². The van der Waals surface area contributed by atoms with E-state index in [1.807, 2.05) is 0 Å². The molecule has 1 nitrogen and oxygen atoms in total. The summed E-state index contributed by atoms with van der Waals surface area (Å²) >= 11 is 0. The quantitative estimate of drug-likeness (QED) is 0.662. The van der Waals surface area contributed by atoms with Crippen LogP contribution in [0.3, 0.4) is 0 Å². The lowest BCUT2D eigenvalue weighted by atomic mass is 10.1. The Bertz CT molecular complexity index is 368. The molecule has 1 fully saturated rings. The number of hydrogen-bond acceptors (Lipinski definition) is 1. The normalized spacial score (nSPS) is 31.0. The van der Waals surface area contributed by atoms with E-state index in [9.17, 15) is 0 Å². The predicted octanol–water partition coefficient (Wildman–Crippen LogP) is 3.01. The molecular weight excluding hydrogens is 182 g/mol. The van der Waals surface area contributed by atoms with Crippen molar-refractivity contribution >= 4 is 0 Å². The number of fused-ring (bicyclic) bond motifs is 2. The van der Waals surface area contributed by atoms with E-state index >= 15 is 0 Å². The van der Waals surface area contributed by atoms with Gasteiger partial charge < -0.3 is 0 Å². The van der Waals surface area contributed by atoms with Crippen LogP contribution in [0.1, 0.15) is 24.9 Å². The van der Waals surface area contributed by atoms with E-state index in [0.717, 1.165) is 5.92 Å². The van der Waals surface area contributed by atoms with Crippen LogP contribution in [0.5, 0.6) is 0 Å². The molecule has 2 bridgehead atoms. The molecule has 78 valence electrons. The maximum absolute atomic E-state index is 2.62. The molecule has 0 saturated carbocycles. The highest BCUT2D eigenvalue weighted by Gasteiger charge is 2.36. The molecular formula is C14H17N. The summed E-state index contributed by atoms with van der Waals surface area (Å²) < 4.78 is 0. The highest BCUT2D eigenvalue weighted by molar-refractivity contribution is 5.22. The fourth-order valence-electron chi connectivity index (χ4n) is 2.91. The summed E-state index contributed by atoms with van der Waals surface area (Å²) in [5.41, 5.74) is 1.44. The Morgan fingerprint density at radius 1 is 1.20 bits per heavy atom. The molecule has 1 aliphatic heterocycles. The van der Waals surface area contributed by atoms with Crippen molar-refractivity contribution in [1.29, 1.82) is 0 Å². The third kappa shape index (κ3) is 1.51. The molecule has 2 unspecified atom stereocenters. The first kappa shape index (κ1) is 9.17. The van der Waals surface area contributed by atoms with Gasteiger partial charge in [-0.05, 0) is 24.8 Å². The molecule has 3 rings (SSSR count). The maximum atomic E-state index is 2.62. The second kappa shape index (κ2) is 3.49. The third-order valence-electron chi connectivity index (χ3n) is 3.80. The number of rotatable bonds is 2. The summed E-state index contributed by atoms with van der Waals surface area (Å²) in [5, 5.41) is 0. The Labute approximate surface area is 91.4 Å². The van der Waals surface area contributed by atoms with Crippen molar-refractivity contribution in [3.8, 4) is 0 Å². The first-order valence-electron chi connectivity index (χ1n) is 5.83. The van der Waals surface area contributed by atoms with Gasteiger partial charge in [-0.25, -0.2) is 0 Å². The van der Waals surface area contributed by atoms with Gasteiger partial charge in [-0.15, -0.1) is 0 Å². The first-order valence-corrected chi connectivity index (χ1v) is 5.83. The molecule has 1 heteroatoms. The van der Waals surface area contributed by atoms with Gasteiger partial charge in [0.1, 0.15) is 0 Å². The van der Waals surface area contributed by atoms with Gasteiger partial charge in [0.15, 0.2) is 0 Å². The van der Waals surface area contributed by atoms with E-state index in [-0.39, 0.29) is 0 Å². The van der Waals surface area contributed by atoms with E-state index in [0.29, 0.717) is 12.1 Å². The molecule has 1 aromatic rings. The summed E-state index contributed by atoms with van der Waals surface area (Å²) in [5.74, 6) is 0.821. The Kier molecular flexibility index (Phi) is 2.14. The van der Waals surface area contributed by atoms with Crippen LogP contribution >= 0.6 is 0 Å². The Morgan fingerprint density at radius 3 is 2.60 bits per heavy atom. The standard InChI is InChI=1S/C14H17N/c1-11(13-5-3-2-4-6-13)15-10-12-7-8-14(15)9-12/h2-8,11-12,14H,9-10H2,1H3/t11-,12?,14?/m1/s1.